The monoisotopic (exact) mass is 202 g/mol. The quantitative estimate of drug-likeness (QED) is 0.705. The van der Waals surface area contributed by atoms with Crippen LogP contribution in [-0.4, -0.2) is 25.5 Å². The first-order valence-corrected chi connectivity index (χ1v) is 4.80. The summed E-state index contributed by atoms with van der Waals surface area (Å²) in [4.78, 5) is 11.4. The molecule has 0 aromatic carbocycles. The van der Waals surface area contributed by atoms with Crippen LogP contribution in [0.25, 0.3) is 0 Å². The van der Waals surface area contributed by atoms with Crippen LogP contribution in [0.1, 0.15) is 6.92 Å². The summed E-state index contributed by atoms with van der Waals surface area (Å²) in [7, 11) is 0. The standard InChI is InChI=1S/C9H15ClN2O/c1-6(10)3-12-9(13)7(2)8-4-11-5-8/h7-8,11H,1,3-5H2,2H3,(H,12,13). The molecule has 1 atom stereocenters. The molecule has 1 rings (SSSR count). The fourth-order valence-electron chi connectivity index (χ4n) is 1.22. The van der Waals surface area contributed by atoms with Gasteiger partial charge in [0.05, 0.1) is 6.54 Å². The lowest BCUT2D eigenvalue weighted by atomic mass is 9.88. The molecule has 1 fully saturated rings. The summed E-state index contributed by atoms with van der Waals surface area (Å²) < 4.78 is 0. The van der Waals surface area contributed by atoms with Crippen LogP contribution in [0.15, 0.2) is 11.6 Å². The minimum absolute atomic E-state index is 0.0632. The van der Waals surface area contributed by atoms with E-state index in [-0.39, 0.29) is 11.8 Å². The predicted molar refractivity (Wildman–Crippen MR) is 53.5 cm³/mol. The molecule has 0 radical (unpaired) electrons. The van der Waals surface area contributed by atoms with Crippen molar-refractivity contribution in [2.75, 3.05) is 19.6 Å². The Bertz CT molecular complexity index is 214. The van der Waals surface area contributed by atoms with Crippen LogP contribution >= 0.6 is 11.6 Å². The molecule has 0 aromatic rings. The Balaban J connectivity index is 2.25. The molecule has 13 heavy (non-hydrogen) atoms. The van der Waals surface area contributed by atoms with Gasteiger partial charge in [0.15, 0.2) is 0 Å². The number of hydrogen-bond acceptors (Lipinski definition) is 2. The van der Waals surface area contributed by atoms with Crippen molar-refractivity contribution in [1.29, 1.82) is 0 Å². The number of halogens is 1. The second-order valence-corrected chi connectivity index (χ2v) is 3.98. The Morgan fingerprint density at radius 2 is 2.38 bits per heavy atom. The zero-order valence-electron chi connectivity index (χ0n) is 7.77. The third kappa shape index (κ3) is 3.01. The molecule has 1 aliphatic heterocycles. The highest BCUT2D eigenvalue weighted by atomic mass is 35.5. The second-order valence-electron chi connectivity index (χ2n) is 3.44. The molecule has 2 N–H and O–H groups in total. The third-order valence-electron chi connectivity index (χ3n) is 2.39. The average Bonchev–Trinajstić information content (AvgIpc) is 1.96. The third-order valence-corrected chi connectivity index (χ3v) is 2.52. The fraction of sp³-hybridized carbons (Fsp3) is 0.667. The van der Waals surface area contributed by atoms with Gasteiger partial charge >= 0.3 is 0 Å². The van der Waals surface area contributed by atoms with Gasteiger partial charge in [-0.15, -0.1) is 0 Å². The van der Waals surface area contributed by atoms with E-state index in [2.05, 4.69) is 17.2 Å². The molecule has 1 aliphatic rings. The van der Waals surface area contributed by atoms with Crippen molar-refractivity contribution in [2.24, 2.45) is 11.8 Å². The summed E-state index contributed by atoms with van der Waals surface area (Å²) in [5, 5.41) is 6.34. The van der Waals surface area contributed by atoms with Gasteiger partial charge in [0.2, 0.25) is 5.91 Å². The number of amides is 1. The van der Waals surface area contributed by atoms with Crippen molar-refractivity contribution >= 4 is 17.5 Å². The van der Waals surface area contributed by atoms with Gasteiger partial charge < -0.3 is 10.6 Å². The first-order chi connectivity index (χ1) is 6.11. The van der Waals surface area contributed by atoms with Crippen molar-refractivity contribution in [3.8, 4) is 0 Å². The summed E-state index contributed by atoms with van der Waals surface area (Å²) >= 11 is 5.53. The lowest BCUT2D eigenvalue weighted by Crippen LogP contribution is -2.49. The zero-order valence-corrected chi connectivity index (χ0v) is 8.53. The van der Waals surface area contributed by atoms with Gasteiger partial charge in [0.1, 0.15) is 0 Å². The summed E-state index contributed by atoms with van der Waals surface area (Å²) in [5.74, 6) is 0.606. The fourth-order valence-corrected chi connectivity index (χ4v) is 1.29. The molecule has 1 heterocycles. The maximum absolute atomic E-state index is 11.4. The molecule has 0 bridgehead atoms. The van der Waals surface area contributed by atoms with Crippen molar-refractivity contribution in [3.05, 3.63) is 11.6 Å². The largest absolute Gasteiger partial charge is 0.351 e. The smallest absolute Gasteiger partial charge is 0.223 e. The lowest BCUT2D eigenvalue weighted by molar-refractivity contribution is -0.126. The maximum Gasteiger partial charge on any atom is 0.223 e. The minimum atomic E-state index is 0.0632. The molecule has 0 aliphatic carbocycles. The predicted octanol–water partition coefficient (Wildman–Crippen LogP) is 0.711. The normalized spacial score (nSPS) is 18.9. The van der Waals surface area contributed by atoms with Crippen molar-refractivity contribution in [1.82, 2.24) is 10.6 Å². The Morgan fingerprint density at radius 3 is 2.77 bits per heavy atom. The molecule has 74 valence electrons. The van der Waals surface area contributed by atoms with E-state index in [1.807, 2.05) is 6.92 Å². The van der Waals surface area contributed by atoms with Gasteiger partial charge in [-0.1, -0.05) is 25.1 Å². The molecule has 4 heteroatoms. The highest BCUT2D eigenvalue weighted by Crippen LogP contribution is 2.15. The first-order valence-electron chi connectivity index (χ1n) is 4.43. The first kappa shape index (κ1) is 10.5. The van der Waals surface area contributed by atoms with E-state index in [0.29, 0.717) is 17.5 Å². The van der Waals surface area contributed by atoms with E-state index >= 15 is 0 Å². The molecule has 3 nitrogen and oxygen atoms in total. The van der Waals surface area contributed by atoms with Gasteiger partial charge in [-0.05, 0) is 19.0 Å². The number of hydrogen-bond donors (Lipinski definition) is 2. The van der Waals surface area contributed by atoms with E-state index in [0.717, 1.165) is 13.1 Å². The second kappa shape index (κ2) is 4.63. The van der Waals surface area contributed by atoms with Crippen molar-refractivity contribution < 1.29 is 4.79 Å². The van der Waals surface area contributed by atoms with Crippen molar-refractivity contribution in [3.63, 3.8) is 0 Å². The SMILES string of the molecule is C=C(Cl)CNC(=O)C(C)C1CNC1. The topological polar surface area (TPSA) is 41.1 Å². The summed E-state index contributed by atoms with van der Waals surface area (Å²) in [6.07, 6.45) is 0. The van der Waals surface area contributed by atoms with E-state index in [1.54, 1.807) is 0 Å². The van der Waals surface area contributed by atoms with Crippen LogP contribution in [0.4, 0.5) is 0 Å². The maximum atomic E-state index is 11.4. The molecular weight excluding hydrogens is 188 g/mol. The summed E-state index contributed by atoms with van der Waals surface area (Å²) in [5.41, 5.74) is 0. The van der Waals surface area contributed by atoms with E-state index in [1.165, 1.54) is 0 Å². The molecule has 0 aromatic heterocycles. The summed E-state index contributed by atoms with van der Waals surface area (Å²) in [6, 6.07) is 0. The van der Waals surface area contributed by atoms with Crippen LogP contribution in [0.5, 0.6) is 0 Å². The van der Waals surface area contributed by atoms with Crippen LogP contribution in [0, 0.1) is 11.8 Å². The lowest BCUT2D eigenvalue weighted by Gasteiger charge is -2.31. The number of rotatable bonds is 4. The van der Waals surface area contributed by atoms with Crippen LogP contribution in [0.3, 0.4) is 0 Å². The van der Waals surface area contributed by atoms with E-state index in [9.17, 15) is 4.79 Å². The van der Waals surface area contributed by atoms with Gasteiger partial charge in [-0.25, -0.2) is 0 Å². The molecular formula is C9H15ClN2O. The highest BCUT2D eigenvalue weighted by molar-refractivity contribution is 6.29. The Hall–Kier alpha value is -0.540. The van der Waals surface area contributed by atoms with Gasteiger partial charge in [0, 0.05) is 11.0 Å². The average molecular weight is 203 g/mol. The van der Waals surface area contributed by atoms with Crippen LogP contribution in [0.2, 0.25) is 0 Å². The Morgan fingerprint density at radius 1 is 1.77 bits per heavy atom. The van der Waals surface area contributed by atoms with Gasteiger partial charge in [-0.2, -0.15) is 0 Å². The van der Waals surface area contributed by atoms with Crippen LogP contribution in [-0.2, 0) is 4.79 Å². The van der Waals surface area contributed by atoms with Crippen molar-refractivity contribution in [2.45, 2.75) is 6.92 Å². The van der Waals surface area contributed by atoms with E-state index in [4.69, 9.17) is 11.6 Å². The number of carbonyl (C=O) groups excluding carboxylic acids is 1. The molecule has 1 amide bonds. The number of carbonyl (C=O) groups is 1. The zero-order chi connectivity index (χ0) is 9.84. The highest BCUT2D eigenvalue weighted by Gasteiger charge is 2.28. The molecule has 0 saturated carbocycles. The van der Waals surface area contributed by atoms with Crippen LogP contribution < -0.4 is 10.6 Å². The molecule has 0 spiro atoms. The Kier molecular flexibility index (Phi) is 3.75. The summed E-state index contributed by atoms with van der Waals surface area (Å²) in [6.45, 7) is 7.69. The van der Waals surface area contributed by atoms with E-state index < -0.39 is 0 Å². The van der Waals surface area contributed by atoms with Gasteiger partial charge in [0.25, 0.3) is 0 Å². The minimum Gasteiger partial charge on any atom is -0.351 e. The molecule has 1 unspecified atom stereocenters. The molecule has 1 saturated heterocycles. The van der Waals surface area contributed by atoms with Gasteiger partial charge in [-0.3, -0.25) is 4.79 Å². The Labute approximate surface area is 83.5 Å². The number of nitrogens with one attached hydrogen (secondary N) is 2.